The summed E-state index contributed by atoms with van der Waals surface area (Å²) in [4.78, 5) is 37.5. The Balaban J connectivity index is 1.46. The number of nitrogens with zero attached hydrogens (tertiary/aromatic N) is 2. The van der Waals surface area contributed by atoms with Crippen LogP contribution in [0.3, 0.4) is 0 Å². The largest absolute Gasteiger partial charge is 0.360 e. The Morgan fingerprint density at radius 1 is 1.06 bits per heavy atom. The fraction of sp³-hybridized carbons (Fsp3) is 0.550. The number of ether oxygens (including phenoxy) is 1. The molecule has 10 nitrogen and oxygen atoms in total. The number of hydrogen-bond acceptors (Lipinski definition) is 6. The highest BCUT2D eigenvalue weighted by Gasteiger charge is 2.34. The Morgan fingerprint density at radius 3 is 2.52 bits per heavy atom. The van der Waals surface area contributed by atoms with E-state index in [1.165, 1.54) is 16.4 Å². The molecule has 2 saturated heterocycles. The average molecular weight is 453 g/mol. The van der Waals surface area contributed by atoms with E-state index in [0.29, 0.717) is 32.4 Å². The molecule has 0 aromatic heterocycles. The van der Waals surface area contributed by atoms with Gasteiger partial charge in [0, 0.05) is 32.6 Å². The number of carbonyl (C=O) groups is 3. The molecular formula is C20H28N4O6S. The number of rotatable bonds is 8. The smallest absolute Gasteiger partial charge is 0.309 e. The number of carbonyl (C=O) groups excluding carboxylic acids is 3. The molecule has 0 radical (unpaired) electrons. The zero-order valence-corrected chi connectivity index (χ0v) is 18.1. The highest BCUT2D eigenvalue weighted by molar-refractivity contribution is 7.89. The van der Waals surface area contributed by atoms with Gasteiger partial charge in [0.1, 0.15) is 6.23 Å². The summed E-state index contributed by atoms with van der Waals surface area (Å²) < 4.78 is 32.6. The van der Waals surface area contributed by atoms with Crippen LogP contribution >= 0.6 is 0 Å². The molecule has 0 aliphatic carbocycles. The van der Waals surface area contributed by atoms with Gasteiger partial charge in [-0.05, 0) is 31.4 Å². The second kappa shape index (κ2) is 10.7. The van der Waals surface area contributed by atoms with Gasteiger partial charge in [-0.1, -0.05) is 18.2 Å². The molecule has 1 aromatic carbocycles. The molecule has 2 N–H and O–H groups in total. The zero-order valence-electron chi connectivity index (χ0n) is 17.3. The number of hydrogen-bond donors (Lipinski definition) is 2. The molecule has 2 fully saturated rings. The molecule has 11 heteroatoms. The Labute approximate surface area is 182 Å². The van der Waals surface area contributed by atoms with Gasteiger partial charge in [-0.3, -0.25) is 14.4 Å². The molecule has 0 spiro atoms. The summed E-state index contributed by atoms with van der Waals surface area (Å²) in [6.07, 6.45) is 1.62. The predicted molar refractivity (Wildman–Crippen MR) is 111 cm³/mol. The fourth-order valence-electron chi connectivity index (χ4n) is 3.58. The van der Waals surface area contributed by atoms with Crippen molar-refractivity contribution in [2.75, 3.05) is 39.3 Å². The van der Waals surface area contributed by atoms with Gasteiger partial charge in [-0.2, -0.15) is 4.31 Å². The topological polar surface area (TPSA) is 125 Å². The SMILES string of the molecule is O=C(NCCCN1CCCC1=O)C(=O)NC[C@H]1OCCCN1S(=O)(=O)c1ccccc1. The summed E-state index contributed by atoms with van der Waals surface area (Å²) in [6, 6.07) is 8.01. The maximum atomic E-state index is 12.9. The second-order valence-corrected chi connectivity index (χ2v) is 9.30. The monoisotopic (exact) mass is 452 g/mol. The number of benzene rings is 1. The van der Waals surface area contributed by atoms with Crippen LogP contribution in [0.1, 0.15) is 25.7 Å². The molecule has 3 rings (SSSR count). The van der Waals surface area contributed by atoms with Gasteiger partial charge < -0.3 is 20.3 Å². The van der Waals surface area contributed by atoms with Gasteiger partial charge in [0.05, 0.1) is 18.0 Å². The van der Waals surface area contributed by atoms with Crippen LogP contribution in [0.4, 0.5) is 0 Å². The lowest BCUT2D eigenvalue weighted by Crippen LogP contribution is -2.53. The van der Waals surface area contributed by atoms with E-state index in [-0.39, 0.29) is 30.4 Å². The van der Waals surface area contributed by atoms with E-state index < -0.39 is 28.1 Å². The van der Waals surface area contributed by atoms with Gasteiger partial charge >= 0.3 is 11.8 Å². The van der Waals surface area contributed by atoms with E-state index in [9.17, 15) is 22.8 Å². The van der Waals surface area contributed by atoms with E-state index in [0.717, 1.165) is 13.0 Å². The number of likely N-dealkylation sites (tertiary alicyclic amines) is 1. The first kappa shape index (κ1) is 23.2. The molecule has 0 unspecified atom stereocenters. The van der Waals surface area contributed by atoms with E-state index >= 15 is 0 Å². The van der Waals surface area contributed by atoms with Gasteiger partial charge in [0.2, 0.25) is 15.9 Å². The zero-order chi connectivity index (χ0) is 22.3. The van der Waals surface area contributed by atoms with Crippen LogP contribution < -0.4 is 10.6 Å². The summed E-state index contributed by atoms with van der Waals surface area (Å²) in [5, 5.41) is 4.96. The fourth-order valence-corrected chi connectivity index (χ4v) is 5.17. The quantitative estimate of drug-likeness (QED) is 0.411. The normalized spacial score (nSPS) is 19.9. The Kier molecular flexibility index (Phi) is 7.99. The second-order valence-electron chi connectivity index (χ2n) is 7.41. The van der Waals surface area contributed by atoms with Crippen molar-refractivity contribution >= 4 is 27.7 Å². The highest BCUT2D eigenvalue weighted by atomic mass is 32.2. The predicted octanol–water partition coefficient (Wildman–Crippen LogP) is -0.331. The van der Waals surface area contributed by atoms with Gasteiger partial charge in [0.15, 0.2) is 0 Å². The van der Waals surface area contributed by atoms with E-state index in [4.69, 9.17) is 4.74 Å². The van der Waals surface area contributed by atoms with E-state index in [1.807, 2.05) is 0 Å². The molecule has 0 bridgehead atoms. The standard InChI is InChI=1S/C20H28N4O6S/c25-17-9-4-11-23(17)12-5-10-21-19(26)20(27)22-15-18-24(13-6-14-30-18)31(28,29)16-7-2-1-3-8-16/h1-3,7-8,18H,4-6,9-15H2,(H,21,26)(H,22,27)/t18-/m1/s1. The molecule has 31 heavy (non-hydrogen) atoms. The van der Waals surface area contributed by atoms with Crippen molar-refractivity contribution in [3.05, 3.63) is 30.3 Å². The van der Waals surface area contributed by atoms with E-state index in [1.54, 1.807) is 23.1 Å². The molecule has 2 aliphatic rings. The molecule has 1 aromatic rings. The van der Waals surface area contributed by atoms with Crippen LogP contribution in [0, 0.1) is 0 Å². The van der Waals surface area contributed by atoms with Crippen LogP contribution in [0.2, 0.25) is 0 Å². The van der Waals surface area contributed by atoms with Crippen LogP contribution in [-0.2, 0) is 29.1 Å². The maximum Gasteiger partial charge on any atom is 0.309 e. The van der Waals surface area contributed by atoms with Gasteiger partial charge in [-0.25, -0.2) is 8.42 Å². The van der Waals surface area contributed by atoms with Crippen molar-refractivity contribution in [3.8, 4) is 0 Å². The summed E-state index contributed by atoms with van der Waals surface area (Å²) >= 11 is 0. The average Bonchev–Trinajstić information content (AvgIpc) is 3.20. The lowest BCUT2D eigenvalue weighted by molar-refractivity contribution is -0.140. The number of sulfonamides is 1. The van der Waals surface area contributed by atoms with Crippen molar-refractivity contribution < 1.29 is 27.5 Å². The lowest BCUT2D eigenvalue weighted by atomic mass is 10.3. The summed E-state index contributed by atoms with van der Waals surface area (Å²) in [6.45, 7) is 2.03. The first-order valence-electron chi connectivity index (χ1n) is 10.4. The summed E-state index contributed by atoms with van der Waals surface area (Å²) in [5.41, 5.74) is 0. The van der Waals surface area contributed by atoms with Gasteiger partial charge in [-0.15, -0.1) is 0 Å². The molecule has 3 amide bonds. The molecule has 0 saturated carbocycles. The third kappa shape index (κ3) is 6.02. The first-order valence-corrected chi connectivity index (χ1v) is 11.9. The molecule has 170 valence electrons. The maximum absolute atomic E-state index is 12.9. The first-order chi connectivity index (χ1) is 14.9. The van der Waals surface area contributed by atoms with Gasteiger partial charge in [0.25, 0.3) is 0 Å². The molecule has 1 atom stereocenters. The minimum atomic E-state index is -3.79. The van der Waals surface area contributed by atoms with Crippen LogP contribution in [0.25, 0.3) is 0 Å². The Hall–Kier alpha value is -2.50. The molecule has 2 aliphatic heterocycles. The third-order valence-electron chi connectivity index (χ3n) is 5.21. The van der Waals surface area contributed by atoms with Crippen molar-refractivity contribution in [1.82, 2.24) is 19.8 Å². The van der Waals surface area contributed by atoms with E-state index in [2.05, 4.69) is 10.6 Å². The Bertz CT molecular complexity index is 892. The molecule has 2 heterocycles. The van der Waals surface area contributed by atoms with Crippen LogP contribution in [-0.4, -0.2) is 80.9 Å². The minimum Gasteiger partial charge on any atom is -0.360 e. The number of nitrogens with one attached hydrogen (secondary N) is 2. The van der Waals surface area contributed by atoms with Crippen LogP contribution in [0.15, 0.2) is 35.2 Å². The minimum absolute atomic E-state index is 0.117. The summed E-state index contributed by atoms with van der Waals surface area (Å²) in [5.74, 6) is -1.55. The highest BCUT2D eigenvalue weighted by Crippen LogP contribution is 2.21. The summed E-state index contributed by atoms with van der Waals surface area (Å²) in [7, 11) is -3.79. The lowest BCUT2D eigenvalue weighted by Gasteiger charge is -2.34. The van der Waals surface area contributed by atoms with Crippen LogP contribution in [0.5, 0.6) is 0 Å². The Morgan fingerprint density at radius 2 is 1.81 bits per heavy atom. The molecular weight excluding hydrogens is 424 g/mol. The van der Waals surface area contributed by atoms with Crippen molar-refractivity contribution in [2.45, 2.75) is 36.8 Å². The third-order valence-corrected chi connectivity index (χ3v) is 7.11. The number of amides is 3. The van der Waals surface area contributed by atoms with Crippen molar-refractivity contribution in [1.29, 1.82) is 0 Å². The van der Waals surface area contributed by atoms with Crippen molar-refractivity contribution in [3.63, 3.8) is 0 Å². The van der Waals surface area contributed by atoms with Crippen molar-refractivity contribution in [2.24, 2.45) is 0 Å².